The van der Waals surface area contributed by atoms with Crippen LogP contribution in [0.2, 0.25) is 0 Å². The molecule has 1 atom stereocenters. The minimum atomic E-state index is -0.0188. The van der Waals surface area contributed by atoms with Gasteiger partial charge in [0.25, 0.3) is 0 Å². The van der Waals surface area contributed by atoms with Gasteiger partial charge < -0.3 is 14.5 Å². The highest BCUT2D eigenvalue weighted by molar-refractivity contribution is 5.24. The molecule has 25 heavy (non-hydrogen) atoms. The summed E-state index contributed by atoms with van der Waals surface area (Å²) in [6.07, 6.45) is 6.21. The van der Waals surface area contributed by atoms with Crippen LogP contribution in [-0.2, 0) is 24.0 Å². The molecule has 0 aliphatic carbocycles. The van der Waals surface area contributed by atoms with E-state index in [0.717, 1.165) is 44.4 Å². The predicted molar refractivity (Wildman–Crippen MR) is 99.4 cm³/mol. The number of aromatic nitrogens is 1. The van der Waals surface area contributed by atoms with Crippen LogP contribution in [0.15, 0.2) is 41.2 Å². The minimum absolute atomic E-state index is 0.0188. The minimum Gasteiger partial charge on any atom is -0.476 e. The Morgan fingerprint density at radius 1 is 1.12 bits per heavy atom. The van der Waals surface area contributed by atoms with Crippen molar-refractivity contribution in [1.82, 2.24) is 4.98 Å². The van der Waals surface area contributed by atoms with E-state index in [4.69, 9.17) is 9.47 Å². The fraction of sp³-hybridized carbons (Fsp3) is 0.476. The van der Waals surface area contributed by atoms with Gasteiger partial charge in [-0.05, 0) is 49.7 Å². The van der Waals surface area contributed by atoms with Crippen LogP contribution in [0.1, 0.15) is 43.0 Å². The molecular weight excluding hydrogens is 314 g/mol. The maximum absolute atomic E-state index is 11.9. The van der Waals surface area contributed by atoms with Crippen LogP contribution in [0.4, 0.5) is 0 Å². The molecule has 2 heterocycles. The first-order valence-corrected chi connectivity index (χ1v) is 9.28. The summed E-state index contributed by atoms with van der Waals surface area (Å²) in [5.74, 6) is 0.540. The van der Waals surface area contributed by atoms with Gasteiger partial charge >= 0.3 is 0 Å². The summed E-state index contributed by atoms with van der Waals surface area (Å²) in [6.45, 7) is 3.46. The molecule has 134 valence electrons. The SMILES string of the molecule is CCc1ccc(CCc2cc(=O)cc(OCC3CCCCO3)[nH]2)cc1. The molecule has 0 radical (unpaired) electrons. The zero-order valence-corrected chi connectivity index (χ0v) is 14.9. The van der Waals surface area contributed by atoms with Crippen molar-refractivity contribution >= 4 is 0 Å². The highest BCUT2D eigenvalue weighted by Gasteiger charge is 2.14. The van der Waals surface area contributed by atoms with Gasteiger partial charge in [0, 0.05) is 24.4 Å². The molecule has 1 aromatic heterocycles. The summed E-state index contributed by atoms with van der Waals surface area (Å²) < 4.78 is 11.4. The summed E-state index contributed by atoms with van der Waals surface area (Å²) >= 11 is 0. The maximum atomic E-state index is 11.9. The number of pyridine rings is 1. The van der Waals surface area contributed by atoms with E-state index in [0.29, 0.717) is 12.5 Å². The Morgan fingerprint density at radius 3 is 2.64 bits per heavy atom. The van der Waals surface area contributed by atoms with Gasteiger partial charge in [-0.15, -0.1) is 0 Å². The summed E-state index contributed by atoms with van der Waals surface area (Å²) in [4.78, 5) is 15.2. The van der Waals surface area contributed by atoms with E-state index in [1.54, 1.807) is 6.07 Å². The van der Waals surface area contributed by atoms with Crippen molar-refractivity contribution in [3.63, 3.8) is 0 Å². The molecule has 2 aromatic rings. The number of H-pyrrole nitrogens is 1. The monoisotopic (exact) mass is 341 g/mol. The second kappa shape index (κ2) is 8.86. The smallest absolute Gasteiger partial charge is 0.194 e. The second-order valence-corrected chi connectivity index (χ2v) is 6.68. The number of aryl methyl sites for hydroxylation is 3. The van der Waals surface area contributed by atoms with Crippen LogP contribution in [0.3, 0.4) is 0 Å². The summed E-state index contributed by atoms with van der Waals surface area (Å²) in [6, 6.07) is 11.8. The summed E-state index contributed by atoms with van der Waals surface area (Å²) in [5, 5.41) is 0. The van der Waals surface area contributed by atoms with Crippen LogP contribution in [0.25, 0.3) is 0 Å². The molecule has 4 heteroatoms. The molecule has 4 nitrogen and oxygen atoms in total. The van der Waals surface area contributed by atoms with Crippen molar-refractivity contribution in [1.29, 1.82) is 0 Å². The lowest BCUT2D eigenvalue weighted by Crippen LogP contribution is -2.26. The maximum Gasteiger partial charge on any atom is 0.194 e. The Labute approximate surface area is 149 Å². The first kappa shape index (κ1) is 17.7. The van der Waals surface area contributed by atoms with Gasteiger partial charge in [0.05, 0.1) is 6.10 Å². The van der Waals surface area contributed by atoms with Crippen molar-refractivity contribution in [3.05, 3.63) is 63.4 Å². The van der Waals surface area contributed by atoms with Crippen molar-refractivity contribution in [2.75, 3.05) is 13.2 Å². The Balaban J connectivity index is 1.57. The van der Waals surface area contributed by atoms with Crippen molar-refractivity contribution < 1.29 is 9.47 Å². The molecular formula is C21H27NO3. The quantitative estimate of drug-likeness (QED) is 0.836. The van der Waals surface area contributed by atoms with Gasteiger partial charge in [0.1, 0.15) is 6.61 Å². The topological polar surface area (TPSA) is 51.3 Å². The van der Waals surface area contributed by atoms with Crippen molar-refractivity contribution in [2.24, 2.45) is 0 Å². The number of hydrogen-bond acceptors (Lipinski definition) is 3. The normalized spacial score (nSPS) is 17.4. The molecule has 1 aromatic carbocycles. The summed E-state index contributed by atoms with van der Waals surface area (Å²) in [7, 11) is 0. The van der Waals surface area contributed by atoms with E-state index in [1.165, 1.54) is 23.6 Å². The van der Waals surface area contributed by atoms with Gasteiger partial charge in [-0.25, -0.2) is 0 Å². The molecule has 1 aliphatic rings. The largest absolute Gasteiger partial charge is 0.476 e. The Morgan fingerprint density at radius 2 is 1.92 bits per heavy atom. The lowest BCUT2D eigenvalue weighted by Gasteiger charge is -2.22. The van der Waals surface area contributed by atoms with Crippen LogP contribution in [-0.4, -0.2) is 24.3 Å². The highest BCUT2D eigenvalue weighted by atomic mass is 16.5. The number of ether oxygens (including phenoxy) is 2. The molecule has 1 unspecified atom stereocenters. The third-order valence-corrected chi connectivity index (χ3v) is 4.69. The zero-order valence-electron chi connectivity index (χ0n) is 14.9. The Bertz CT molecular complexity index is 715. The lowest BCUT2D eigenvalue weighted by molar-refractivity contribution is -0.0120. The van der Waals surface area contributed by atoms with Crippen LogP contribution < -0.4 is 10.2 Å². The van der Waals surface area contributed by atoms with Crippen LogP contribution in [0, 0.1) is 0 Å². The lowest BCUT2D eigenvalue weighted by atomic mass is 10.0. The average Bonchev–Trinajstić information content (AvgIpc) is 2.66. The Hall–Kier alpha value is -2.07. The first-order valence-electron chi connectivity index (χ1n) is 9.28. The van der Waals surface area contributed by atoms with E-state index in [-0.39, 0.29) is 11.5 Å². The van der Waals surface area contributed by atoms with E-state index in [1.807, 2.05) is 0 Å². The van der Waals surface area contributed by atoms with Gasteiger partial charge in [-0.3, -0.25) is 4.79 Å². The molecule has 1 aliphatic heterocycles. The molecule has 0 spiro atoms. The number of hydrogen-bond donors (Lipinski definition) is 1. The highest BCUT2D eigenvalue weighted by Crippen LogP contribution is 2.15. The van der Waals surface area contributed by atoms with Gasteiger partial charge in [0.2, 0.25) is 0 Å². The fourth-order valence-corrected chi connectivity index (χ4v) is 3.13. The molecule has 0 bridgehead atoms. The van der Waals surface area contributed by atoms with E-state index < -0.39 is 0 Å². The second-order valence-electron chi connectivity index (χ2n) is 6.68. The number of aromatic amines is 1. The summed E-state index contributed by atoms with van der Waals surface area (Å²) in [5.41, 5.74) is 3.51. The number of benzene rings is 1. The number of rotatable bonds is 7. The standard InChI is InChI=1S/C21H27NO3/c1-2-16-6-8-17(9-7-16)10-11-18-13-19(23)14-21(22-18)25-15-20-5-3-4-12-24-20/h6-9,13-14,20H,2-5,10-12,15H2,1H3,(H,22,23). The van der Waals surface area contributed by atoms with Gasteiger partial charge in [-0.1, -0.05) is 31.2 Å². The predicted octanol–water partition coefficient (Wildman–Crippen LogP) is 3.67. The Kier molecular flexibility index (Phi) is 6.29. The van der Waals surface area contributed by atoms with Crippen LogP contribution >= 0.6 is 0 Å². The van der Waals surface area contributed by atoms with E-state index in [9.17, 15) is 4.79 Å². The van der Waals surface area contributed by atoms with Gasteiger partial charge in [0.15, 0.2) is 11.3 Å². The molecule has 1 N–H and O–H groups in total. The molecule has 0 amide bonds. The first-order chi connectivity index (χ1) is 12.2. The van der Waals surface area contributed by atoms with Crippen LogP contribution in [0.5, 0.6) is 5.88 Å². The van der Waals surface area contributed by atoms with Gasteiger partial charge in [-0.2, -0.15) is 0 Å². The fourth-order valence-electron chi connectivity index (χ4n) is 3.13. The molecule has 0 saturated carbocycles. The zero-order chi connectivity index (χ0) is 17.5. The molecule has 1 fully saturated rings. The molecule has 3 rings (SSSR count). The number of nitrogens with one attached hydrogen (secondary N) is 1. The third kappa shape index (κ3) is 5.46. The molecule has 1 saturated heterocycles. The van der Waals surface area contributed by atoms with E-state index >= 15 is 0 Å². The van der Waals surface area contributed by atoms with E-state index in [2.05, 4.69) is 36.2 Å². The average molecular weight is 341 g/mol. The van der Waals surface area contributed by atoms with Crippen molar-refractivity contribution in [2.45, 2.75) is 51.6 Å². The van der Waals surface area contributed by atoms with Crippen molar-refractivity contribution in [3.8, 4) is 5.88 Å². The third-order valence-electron chi connectivity index (χ3n) is 4.69.